The second kappa shape index (κ2) is 5.65. The molecule has 4 rings (SSSR count). The van der Waals surface area contributed by atoms with Gasteiger partial charge in [0.05, 0.1) is 5.39 Å². The van der Waals surface area contributed by atoms with Gasteiger partial charge in [0.2, 0.25) is 5.82 Å². The van der Waals surface area contributed by atoms with Crippen molar-refractivity contribution in [3.8, 4) is 11.5 Å². The summed E-state index contributed by atoms with van der Waals surface area (Å²) in [6.07, 6.45) is -2.36. The molecule has 0 fully saturated rings. The number of fused-ring (bicyclic) bond motifs is 3. The average molecular weight is 401 g/mol. The van der Waals surface area contributed by atoms with Crippen molar-refractivity contribution in [2.24, 2.45) is 7.05 Å². The van der Waals surface area contributed by atoms with Gasteiger partial charge in [0.15, 0.2) is 11.3 Å². The first kappa shape index (κ1) is 17.2. The summed E-state index contributed by atoms with van der Waals surface area (Å²) in [6, 6.07) is 0. The van der Waals surface area contributed by atoms with Crippen molar-refractivity contribution in [3.63, 3.8) is 0 Å². The standard InChI is InChI=1S/C15H12ClF3N6S/c1-4-7-6(2)26-14-8(7)13-21-12(23-25(13)5-20-14)10-9(16)11(15(17,18)19)22-24(10)3/h5H,4H2,1-3H3. The van der Waals surface area contributed by atoms with Crippen molar-refractivity contribution in [2.45, 2.75) is 26.4 Å². The Kier molecular flexibility index (Phi) is 3.74. The van der Waals surface area contributed by atoms with Gasteiger partial charge in [0.1, 0.15) is 21.9 Å². The molecule has 0 unspecified atom stereocenters. The Morgan fingerprint density at radius 1 is 1.27 bits per heavy atom. The quantitative estimate of drug-likeness (QED) is 0.504. The van der Waals surface area contributed by atoms with E-state index in [4.69, 9.17) is 11.6 Å². The molecule has 0 saturated carbocycles. The molecular formula is C15H12ClF3N6S. The number of aryl methyl sites for hydroxylation is 3. The van der Waals surface area contributed by atoms with Gasteiger partial charge in [-0.2, -0.15) is 18.3 Å². The molecule has 0 amide bonds. The highest BCUT2D eigenvalue weighted by Gasteiger charge is 2.39. The highest BCUT2D eigenvalue weighted by Crippen LogP contribution is 2.39. The first-order valence-electron chi connectivity index (χ1n) is 7.65. The molecule has 26 heavy (non-hydrogen) atoms. The molecule has 0 aromatic carbocycles. The Labute approximate surface area is 154 Å². The van der Waals surface area contributed by atoms with Crippen LogP contribution in [0.5, 0.6) is 0 Å². The van der Waals surface area contributed by atoms with Crippen LogP contribution in [0, 0.1) is 6.92 Å². The Morgan fingerprint density at radius 2 is 2.00 bits per heavy atom. The van der Waals surface area contributed by atoms with Gasteiger partial charge >= 0.3 is 6.18 Å². The fourth-order valence-electron chi connectivity index (χ4n) is 3.01. The van der Waals surface area contributed by atoms with Crippen LogP contribution in [0.15, 0.2) is 6.33 Å². The highest BCUT2D eigenvalue weighted by atomic mass is 35.5. The molecule has 0 atom stereocenters. The summed E-state index contributed by atoms with van der Waals surface area (Å²) in [5.41, 5.74) is 0.506. The number of nitrogens with zero attached hydrogens (tertiary/aromatic N) is 6. The van der Waals surface area contributed by atoms with E-state index in [1.807, 2.05) is 13.8 Å². The molecule has 0 N–H and O–H groups in total. The van der Waals surface area contributed by atoms with Gasteiger partial charge in [-0.3, -0.25) is 4.68 Å². The molecule has 11 heteroatoms. The van der Waals surface area contributed by atoms with E-state index < -0.39 is 16.9 Å². The minimum atomic E-state index is -4.65. The van der Waals surface area contributed by atoms with Crippen LogP contribution in [-0.4, -0.2) is 29.4 Å². The number of aromatic nitrogens is 6. The van der Waals surface area contributed by atoms with Crippen LogP contribution in [0.1, 0.15) is 23.1 Å². The molecule has 4 aromatic rings. The molecule has 136 valence electrons. The van der Waals surface area contributed by atoms with Crippen LogP contribution in [0.3, 0.4) is 0 Å². The second-order valence-corrected chi connectivity index (χ2v) is 7.33. The summed E-state index contributed by atoms with van der Waals surface area (Å²) in [4.78, 5) is 10.8. The van der Waals surface area contributed by atoms with Crippen molar-refractivity contribution in [3.05, 3.63) is 27.5 Å². The lowest BCUT2D eigenvalue weighted by atomic mass is 10.1. The number of rotatable bonds is 2. The molecule has 0 aliphatic carbocycles. The van der Waals surface area contributed by atoms with Gasteiger partial charge < -0.3 is 0 Å². The molecule has 0 bridgehead atoms. The number of alkyl halides is 3. The number of hydrogen-bond acceptors (Lipinski definition) is 5. The van der Waals surface area contributed by atoms with E-state index in [-0.39, 0.29) is 11.5 Å². The van der Waals surface area contributed by atoms with E-state index >= 15 is 0 Å². The van der Waals surface area contributed by atoms with Gasteiger partial charge in [-0.25, -0.2) is 14.5 Å². The van der Waals surface area contributed by atoms with Crippen LogP contribution >= 0.6 is 22.9 Å². The summed E-state index contributed by atoms with van der Waals surface area (Å²) >= 11 is 7.50. The average Bonchev–Trinajstić information content (AvgIpc) is 3.18. The van der Waals surface area contributed by atoms with Crippen LogP contribution in [0.25, 0.3) is 27.4 Å². The van der Waals surface area contributed by atoms with Gasteiger partial charge in [-0.15, -0.1) is 16.4 Å². The number of thiophene rings is 1. The lowest BCUT2D eigenvalue weighted by Gasteiger charge is -2.00. The van der Waals surface area contributed by atoms with Crippen LogP contribution in [0.2, 0.25) is 5.02 Å². The summed E-state index contributed by atoms with van der Waals surface area (Å²) < 4.78 is 41.7. The molecule has 6 nitrogen and oxygen atoms in total. The van der Waals surface area contributed by atoms with Gasteiger partial charge in [-0.05, 0) is 18.9 Å². The Balaban J connectivity index is 2.00. The molecular weight excluding hydrogens is 389 g/mol. The number of hydrogen-bond donors (Lipinski definition) is 0. The molecule has 0 spiro atoms. The zero-order valence-corrected chi connectivity index (χ0v) is 15.5. The van der Waals surface area contributed by atoms with Gasteiger partial charge in [0, 0.05) is 11.9 Å². The monoisotopic (exact) mass is 400 g/mol. The predicted octanol–water partition coefficient (Wildman–Crippen LogP) is 4.28. The zero-order valence-electron chi connectivity index (χ0n) is 13.9. The van der Waals surface area contributed by atoms with Crippen molar-refractivity contribution >= 4 is 38.8 Å². The summed E-state index contributed by atoms with van der Waals surface area (Å²) in [7, 11) is 1.38. The fourth-order valence-corrected chi connectivity index (χ4v) is 4.44. The Morgan fingerprint density at radius 3 is 2.62 bits per heavy atom. The lowest BCUT2D eigenvalue weighted by Crippen LogP contribution is -2.07. The first-order chi connectivity index (χ1) is 12.2. The third-order valence-corrected chi connectivity index (χ3v) is 5.57. The van der Waals surface area contributed by atoms with Crippen LogP contribution in [0.4, 0.5) is 13.2 Å². The Hall–Kier alpha value is -2.20. The minimum absolute atomic E-state index is 0.0147. The molecule has 0 aliphatic heterocycles. The lowest BCUT2D eigenvalue weighted by molar-refractivity contribution is -0.141. The van der Waals surface area contributed by atoms with E-state index in [9.17, 15) is 13.2 Å². The van der Waals surface area contributed by atoms with E-state index in [1.165, 1.54) is 17.9 Å². The zero-order chi connectivity index (χ0) is 18.8. The summed E-state index contributed by atoms with van der Waals surface area (Å²) in [5.74, 6) is 0.0701. The fraction of sp³-hybridized carbons (Fsp3) is 0.333. The summed E-state index contributed by atoms with van der Waals surface area (Å²) in [5, 5.41) is 8.10. The van der Waals surface area contributed by atoms with Gasteiger partial charge in [0.25, 0.3) is 0 Å². The first-order valence-corrected chi connectivity index (χ1v) is 8.85. The van der Waals surface area contributed by atoms with Crippen molar-refractivity contribution in [1.82, 2.24) is 29.4 Å². The topological polar surface area (TPSA) is 60.9 Å². The highest BCUT2D eigenvalue weighted by molar-refractivity contribution is 7.18. The molecule has 4 heterocycles. The third kappa shape index (κ3) is 2.39. The largest absolute Gasteiger partial charge is 0.436 e. The van der Waals surface area contributed by atoms with E-state index in [1.54, 1.807) is 11.3 Å². The van der Waals surface area contributed by atoms with E-state index in [2.05, 4.69) is 20.2 Å². The SMILES string of the molecule is CCc1c(C)sc2ncn3nc(-c4c(Cl)c(C(F)(F)F)nn4C)nc3c12. The molecule has 0 radical (unpaired) electrons. The summed E-state index contributed by atoms with van der Waals surface area (Å²) in [6.45, 7) is 4.04. The Bertz CT molecular complexity index is 1160. The van der Waals surface area contributed by atoms with Crippen LogP contribution in [-0.2, 0) is 19.6 Å². The maximum atomic E-state index is 13.1. The van der Waals surface area contributed by atoms with E-state index in [0.717, 1.165) is 31.8 Å². The maximum Gasteiger partial charge on any atom is 0.436 e. The molecule has 4 aromatic heterocycles. The van der Waals surface area contributed by atoms with Gasteiger partial charge in [-0.1, -0.05) is 18.5 Å². The minimum Gasteiger partial charge on any atom is -0.262 e. The van der Waals surface area contributed by atoms with Crippen molar-refractivity contribution < 1.29 is 13.2 Å². The molecule has 0 saturated heterocycles. The second-order valence-electron chi connectivity index (χ2n) is 5.75. The number of halogens is 4. The maximum absolute atomic E-state index is 13.1. The third-order valence-electron chi connectivity index (χ3n) is 4.15. The van der Waals surface area contributed by atoms with Crippen molar-refractivity contribution in [2.75, 3.05) is 0 Å². The molecule has 0 aliphatic rings. The smallest absolute Gasteiger partial charge is 0.262 e. The normalized spacial score (nSPS) is 12.6. The predicted molar refractivity (Wildman–Crippen MR) is 92.5 cm³/mol. The van der Waals surface area contributed by atoms with Crippen molar-refractivity contribution in [1.29, 1.82) is 0 Å². The van der Waals surface area contributed by atoms with Crippen LogP contribution < -0.4 is 0 Å². The van der Waals surface area contributed by atoms with E-state index in [0.29, 0.717) is 5.65 Å².